The van der Waals surface area contributed by atoms with E-state index >= 15 is 0 Å². The van der Waals surface area contributed by atoms with Crippen molar-refractivity contribution in [1.82, 2.24) is 10.2 Å². The second-order valence-electron chi connectivity index (χ2n) is 4.72. The van der Waals surface area contributed by atoms with Crippen LogP contribution in [0, 0.1) is 0 Å². The minimum absolute atomic E-state index is 0.682. The molecule has 0 saturated carbocycles. The number of rotatable bonds is 6. The summed E-state index contributed by atoms with van der Waals surface area (Å²) in [5.41, 5.74) is 1.09. The lowest BCUT2D eigenvalue weighted by molar-refractivity contribution is 0.0374. The van der Waals surface area contributed by atoms with Gasteiger partial charge in [-0.2, -0.15) is 0 Å². The molecule has 2 rings (SSSR count). The SMILES string of the molecule is Clc1ccc(CNCCCN2CCOCC2)c(Cl)c1. The van der Waals surface area contributed by atoms with Crippen LogP contribution in [0.1, 0.15) is 12.0 Å². The Bertz CT molecular complexity index is 395. The number of benzene rings is 1. The van der Waals surface area contributed by atoms with E-state index in [1.807, 2.05) is 12.1 Å². The highest BCUT2D eigenvalue weighted by Crippen LogP contribution is 2.20. The van der Waals surface area contributed by atoms with Gasteiger partial charge in [0.25, 0.3) is 0 Å². The zero-order valence-electron chi connectivity index (χ0n) is 11.0. The molecule has 1 aliphatic heterocycles. The Kier molecular flexibility index (Phi) is 6.41. The van der Waals surface area contributed by atoms with E-state index < -0.39 is 0 Å². The van der Waals surface area contributed by atoms with E-state index in [9.17, 15) is 0 Å². The third kappa shape index (κ3) is 5.28. The van der Waals surface area contributed by atoms with Crippen LogP contribution < -0.4 is 5.32 Å². The molecule has 0 unspecified atom stereocenters. The normalized spacial score (nSPS) is 16.7. The van der Waals surface area contributed by atoms with Gasteiger partial charge in [0.15, 0.2) is 0 Å². The molecule has 3 nitrogen and oxygen atoms in total. The Labute approximate surface area is 124 Å². The van der Waals surface area contributed by atoms with Gasteiger partial charge in [-0.15, -0.1) is 0 Å². The van der Waals surface area contributed by atoms with Crippen molar-refractivity contribution in [3.8, 4) is 0 Å². The first-order valence-corrected chi connectivity index (χ1v) is 7.46. The predicted octanol–water partition coefficient (Wildman–Crippen LogP) is 2.81. The van der Waals surface area contributed by atoms with Gasteiger partial charge in [-0.1, -0.05) is 29.3 Å². The fourth-order valence-electron chi connectivity index (χ4n) is 2.14. The Morgan fingerprint density at radius 2 is 2.00 bits per heavy atom. The number of hydrogen-bond acceptors (Lipinski definition) is 3. The molecule has 1 saturated heterocycles. The van der Waals surface area contributed by atoms with Gasteiger partial charge in [0.1, 0.15) is 0 Å². The summed E-state index contributed by atoms with van der Waals surface area (Å²) in [6.07, 6.45) is 1.14. The molecule has 1 aromatic carbocycles. The standard InChI is InChI=1S/C14H20Cl2N2O/c15-13-3-2-12(14(16)10-13)11-17-4-1-5-18-6-8-19-9-7-18/h2-3,10,17H,1,4-9,11H2. The number of halogens is 2. The third-order valence-corrected chi connectivity index (χ3v) is 3.85. The third-order valence-electron chi connectivity index (χ3n) is 3.26. The lowest BCUT2D eigenvalue weighted by Crippen LogP contribution is -2.37. The van der Waals surface area contributed by atoms with Crippen molar-refractivity contribution in [2.45, 2.75) is 13.0 Å². The highest BCUT2D eigenvalue weighted by Gasteiger charge is 2.09. The molecule has 1 fully saturated rings. The van der Waals surface area contributed by atoms with E-state index in [1.54, 1.807) is 6.07 Å². The molecule has 106 valence electrons. The molecule has 0 aliphatic carbocycles. The van der Waals surface area contributed by atoms with Gasteiger partial charge in [0.2, 0.25) is 0 Å². The topological polar surface area (TPSA) is 24.5 Å². The van der Waals surface area contributed by atoms with Crippen LogP contribution in [0.4, 0.5) is 0 Å². The van der Waals surface area contributed by atoms with Crippen molar-refractivity contribution >= 4 is 23.2 Å². The minimum Gasteiger partial charge on any atom is -0.379 e. The molecule has 1 aliphatic rings. The second kappa shape index (κ2) is 8.08. The quantitative estimate of drug-likeness (QED) is 0.818. The summed E-state index contributed by atoms with van der Waals surface area (Å²) in [4.78, 5) is 2.44. The van der Waals surface area contributed by atoms with Crippen LogP contribution in [-0.4, -0.2) is 44.3 Å². The molecule has 0 amide bonds. The van der Waals surface area contributed by atoms with Gasteiger partial charge < -0.3 is 10.1 Å². The smallest absolute Gasteiger partial charge is 0.0594 e. The summed E-state index contributed by atoms with van der Waals surface area (Å²) in [7, 11) is 0. The van der Waals surface area contributed by atoms with Crippen molar-refractivity contribution in [2.75, 3.05) is 39.4 Å². The largest absolute Gasteiger partial charge is 0.379 e. The van der Waals surface area contributed by atoms with Crippen LogP contribution in [0.3, 0.4) is 0 Å². The first-order chi connectivity index (χ1) is 9.25. The van der Waals surface area contributed by atoms with Gasteiger partial charge in [-0.05, 0) is 37.2 Å². The monoisotopic (exact) mass is 302 g/mol. The predicted molar refractivity (Wildman–Crippen MR) is 80.0 cm³/mol. The van der Waals surface area contributed by atoms with Crippen LogP contribution >= 0.6 is 23.2 Å². The average molecular weight is 303 g/mol. The zero-order valence-corrected chi connectivity index (χ0v) is 12.5. The summed E-state index contributed by atoms with van der Waals surface area (Å²) in [5.74, 6) is 0. The number of nitrogens with zero attached hydrogens (tertiary/aromatic N) is 1. The van der Waals surface area contributed by atoms with E-state index in [0.717, 1.165) is 62.9 Å². The Morgan fingerprint density at radius 3 is 2.74 bits per heavy atom. The van der Waals surface area contributed by atoms with Crippen LogP contribution in [0.2, 0.25) is 10.0 Å². The molecule has 0 aromatic heterocycles. The molecule has 1 N–H and O–H groups in total. The maximum absolute atomic E-state index is 6.12. The highest BCUT2D eigenvalue weighted by molar-refractivity contribution is 6.35. The average Bonchev–Trinajstić information content (AvgIpc) is 2.42. The van der Waals surface area contributed by atoms with Crippen LogP contribution in [0.5, 0.6) is 0 Å². The van der Waals surface area contributed by atoms with Crippen LogP contribution in [0.15, 0.2) is 18.2 Å². The van der Waals surface area contributed by atoms with Gasteiger partial charge in [0.05, 0.1) is 13.2 Å². The fraction of sp³-hybridized carbons (Fsp3) is 0.571. The van der Waals surface area contributed by atoms with Crippen LogP contribution in [-0.2, 0) is 11.3 Å². The maximum Gasteiger partial charge on any atom is 0.0594 e. The maximum atomic E-state index is 6.12. The molecule has 19 heavy (non-hydrogen) atoms. The molecule has 1 heterocycles. The first-order valence-electron chi connectivity index (χ1n) is 6.70. The Balaban J connectivity index is 1.61. The number of hydrogen-bond donors (Lipinski definition) is 1. The van der Waals surface area contributed by atoms with Crippen LogP contribution in [0.25, 0.3) is 0 Å². The van der Waals surface area contributed by atoms with Crippen molar-refractivity contribution in [3.05, 3.63) is 33.8 Å². The van der Waals surface area contributed by atoms with Gasteiger partial charge in [-0.25, -0.2) is 0 Å². The number of morpholine rings is 1. The fourth-order valence-corrected chi connectivity index (χ4v) is 2.62. The second-order valence-corrected chi connectivity index (χ2v) is 5.56. The molecule has 1 aromatic rings. The Morgan fingerprint density at radius 1 is 1.21 bits per heavy atom. The zero-order chi connectivity index (χ0) is 13.5. The molecule has 0 bridgehead atoms. The van der Waals surface area contributed by atoms with Crippen molar-refractivity contribution in [1.29, 1.82) is 0 Å². The highest BCUT2D eigenvalue weighted by atomic mass is 35.5. The number of nitrogens with one attached hydrogen (secondary N) is 1. The summed E-state index contributed by atoms with van der Waals surface area (Å²) >= 11 is 12.0. The first kappa shape index (κ1) is 15.1. The molecule has 0 spiro atoms. The van der Waals surface area contributed by atoms with E-state index in [4.69, 9.17) is 27.9 Å². The lowest BCUT2D eigenvalue weighted by atomic mass is 10.2. The summed E-state index contributed by atoms with van der Waals surface area (Å²) in [6, 6.07) is 5.63. The van der Waals surface area contributed by atoms with Gasteiger partial charge in [0, 0.05) is 29.7 Å². The van der Waals surface area contributed by atoms with Crippen molar-refractivity contribution in [2.24, 2.45) is 0 Å². The van der Waals surface area contributed by atoms with E-state index in [2.05, 4.69) is 10.2 Å². The number of ether oxygens (including phenoxy) is 1. The molecular weight excluding hydrogens is 283 g/mol. The molecule has 0 radical (unpaired) electrons. The van der Waals surface area contributed by atoms with Crippen molar-refractivity contribution < 1.29 is 4.74 Å². The summed E-state index contributed by atoms with van der Waals surface area (Å²) < 4.78 is 5.33. The summed E-state index contributed by atoms with van der Waals surface area (Å²) in [6.45, 7) is 6.77. The van der Waals surface area contributed by atoms with Gasteiger partial charge in [-0.3, -0.25) is 4.90 Å². The lowest BCUT2D eigenvalue weighted by Gasteiger charge is -2.26. The van der Waals surface area contributed by atoms with E-state index in [0.29, 0.717) is 5.02 Å². The molecular formula is C14H20Cl2N2O. The Hall–Kier alpha value is -0.320. The van der Waals surface area contributed by atoms with E-state index in [-0.39, 0.29) is 0 Å². The summed E-state index contributed by atoms with van der Waals surface area (Å²) in [5, 5.41) is 4.83. The molecule has 0 atom stereocenters. The minimum atomic E-state index is 0.682. The van der Waals surface area contributed by atoms with E-state index in [1.165, 1.54) is 0 Å². The van der Waals surface area contributed by atoms with Crippen molar-refractivity contribution in [3.63, 3.8) is 0 Å². The van der Waals surface area contributed by atoms with Gasteiger partial charge >= 0.3 is 0 Å². The molecule has 5 heteroatoms.